The molecule has 1 aliphatic carbocycles. The fraction of sp³-hybridized carbons (Fsp3) is 1.00. The molecular formula is C6H10O. The lowest BCUT2D eigenvalue weighted by Gasteiger charge is -2.33. The Hall–Kier alpha value is -0.0400. The summed E-state index contributed by atoms with van der Waals surface area (Å²) in [7, 11) is 0. The molecule has 0 aromatic heterocycles. The minimum Gasteiger partial charge on any atom is -0.372 e. The lowest BCUT2D eigenvalue weighted by Crippen LogP contribution is -2.36. The Labute approximate surface area is 43.7 Å². The average Bonchev–Trinajstić information content (AvgIpc) is 2.14. The van der Waals surface area contributed by atoms with E-state index in [0.717, 1.165) is 0 Å². The van der Waals surface area contributed by atoms with Crippen LogP contribution < -0.4 is 0 Å². The van der Waals surface area contributed by atoms with Gasteiger partial charge in [-0.3, -0.25) is 0 Å². The van der Waals surface area contributed by atoms with Crippen LogP contribution in [0, 0.1) is 0 Å². The second-order valence-corrected chi connectivity index (χ2v) is 2.82. The quantitative estimate of drug-likeness (QED) is 0.444. The van der Waals surface area contributed by atoms with Crippen LogP contribution in [0.2, 0.25) is 0 Å². The van der Waals surface area contributed by atoms with Gasteiger partial charge in [0.1, 0.15) is 0 Å². The fourth-order valence-electron chi connectivity index (χ4n) is 1.40. The van der Waals surface area contributed by atoms with Crippen LogP contribution in [0.3, 0.4) is 0 Å². The Kier molecular flexibility index (Phi) is 0.487. The van der Waals surface area contributed by atoms with Crippen molar-refractivity contribution in [1.82, 2.24) is 0 Å². The Morgan fingerprint density at radius 1 is 1.57 bits per heavy atom. The van der Waals surface area contributed by atoms with E-state index in [0.29, 0.717) is 11.7 Å². The zero-order valence-electron chi connectivity index (χ0n) is 4.61. The topological polar surface area (TPSA) is 9.23 Å². The molecule has 1 spiro atoms. The molecule has 0 amide bonds. The molecule has 0 aromatic rings. The average molecular weight is 98.1 g/mol. The molecule has 2 rings (SSSR count). The number of hydrogen-bond acceptors (Lipinski definition) is 1. The first-order valence-corrected chi connectivity index (χ1v) is 2.99. The normalized spacial score (nSPS) is 43.3. The van der Waals surface area contributed by atoms with Crippen LogP contribution in [0.5, 0.6) is 0 Å². The summed E-state index contributed by atoms with van der Waals surface area (Å²) in [5.74, 6) is 0. The van der Waals surface area contributed by atoms with Crippen molar-refractivity contribution < 1.29 is 4.74 Å². The van der Waals surface area contributed by atoms with Crippen LogP contribution in [0.25, 0.3) is 0 Å². The smallest absolute Gasteiger partial charge is 0.0712 e. The zero-order valence-corrected chi connectivity index (χ0v) is 4.61. The molecule has 1 saturated carbocycles. The third-order valence-electron chi connectivity index (χ3n) is 1.92. The molecule has 1 atom stereocenters. The minimum atomic E-state index is 0.444. The van der Waals surface area contributed by atoms with E-state index in [-0.39, 0.29) is 0 Å². The van der Waals surface area contributed by atoms with Crippen LogP contribution in [-0.2, 0) is 4.74 Å². The molecule has 1 heterocycles. The van der Waals surface area contributed by atoms with Crippen molar-refractivity contribution >= 4 is 0 Å². The largest absolute Gasteiger partial charge is 0.372 e. The van der Waals surface area contributed by atoms with Crippen molar-refractivity contribution in [1.29, 1.82) is 0 Å². The Bertz CT molecular complexity index is 86.4. The molecule has 40 valence electrons. The molecule has 1 heteroatoms. The van der Waals surface area contributed by atoms with Gasteiger partial charge in [-0.2, -0.15) is 0 Å². The van der Waals surface area contributed by atoms with Crippen molar-refractivity contribution in [2.45, 2.75) is 37.9 Å². The van der Waals surface area contributed by atoms with Crippen molar-refractivity contribution in [3.63, 3.8) is 0 Å². The summed E-state index contributed by atoms with van der Waals surface area (Å²) in [4.78, 5) is 0. The molecule has 0 radical (unpaired) electrons. The van der Waals surface area contributed by atoms with Gasteiger partial charge in [0.2, 0.25) is 0 Å². The van der Waals surface area contributed by atoms with Crippen molar-refractivity contribution in [3.05, 3.63) is 0 Å². The summed E-state index contributed by atoms with van der Waals surface area (Å²) in [6.07, 6.45) is 4.56. The van der Waals surface area contributed by atoms with Crippen LogP contribution in [-0.4, -0.2) is 11.7 Å². The van der Waals surface area contributed by atoms with Gasteiger partial charge in [-0.05, 0) is 19.8 Å². The number of ether oxygens (including phenoxy) is 1. The monoisotopic (exact) mass is 98.1 g/mol. The molecule has 0 unspecified atom stereocenters. The van der Waals surface area contributed by atoms with Gasteiger partial charge in [-0.15, -0.1) is 0 Å². The highest BCUT2D eigenvalue weighted by atomic mass is 16.5. The van der Waals surface area contributed by atoms with E-state index in [1.54, 1.807) is 0 Å². The summed E-state index contributed by atoms with van der Waals surface area (Å²) in [6.45, 7) is 2.14. The Morgan fingerprint density at radius 2 is 2.14 bits per heavy atom. The van der Waals surface area contributed by atoms with Gasteiger partial charge in [-0.1, -0.05) is 0 Å². The summed E-state index contributed by atoms with van der Waals surface area (Å²) in [6, 6.07) is 0. The minimum absolute atomic E-state index is 0.444. The van der Waals surface area contributed by atoms with Gasteiger partial charge in [0.15, 0.2) is 0 Å². The van der Waals surface area contributed by atoms with Crippen LogP contribution in [0.4, 0.5) is 0 Å². The van der Waals surface area contributed by atoms with Crippen molar-refractivity contribution in [3.8, 4) is 0 Å². The zero-order chi connectivity index (χ0) is 4.91. The highest BCUT2D eigenvalue weighted by molar-refractivity contribution is 5.03. The molecule has 2 fully saturated rings. The second kappa shape index (κ2) is 0.873. The van der Waals surface area contributed by atoms with E-state index in [1.807, 2.05) is 0 Å². The van der Waals surface area contributed by atoms with Gasteiger partial charge in [0, 0.05) is 6.42 Å². The van der Waals surface area contributed by atoms with E-state index >= 15 is 0 Å². The molecular weight excluding hydrogens is 88.1 g/mol. The molecule has 0 aromatic carbocycles. The lowest BCUT2D eigenvalue weighted by molar-refractivity contribution is -0.133. The predicted octanol–water partition coefficient (Wildman–Crippen LogP) is 1.33. The molecule has 7 heavy (non-hydrogen) atoms. The van der Waals surface area contributed by atoms with E-state index in [2.05, 4.69) is 6.92 Å². The summed E-state index contributed by atoms with van der Waals surface area (Å²) >= 11 is 0. The first kappa shape index (κ1) is 3.90. The Balaban J connectivity index is 1.97. The SMILES string of the molecule is C[C@@H]1CC2(CC2)O1. The lowest BCUT2D eigenvalue weighted by atomic mass is 10.1. The predicted molar refractivity (Wildman–Crippen MR) is 27.1 cm³/mol. The van der Waals surface area contributed by atoms with E-state index in [4.69, 9.17) is 4.74 Å². The molecule has 1 nitrogen and oxygen atoms in total. The van der Waals surface area contributed by atoms with Crippen LogP contribution >= 0.6 is 0 Å². The maximum absolute atomic E-state index is 5.44. The third-order valence-corrected chi connectivity index (χ3v) is 1.92. The molecule has 0 N–H and O–H groups in total. The summed E-state index contributed by atoms with van der Waals surface area (Å²) in [5, 5.41) is 0. The van der Waals surface area contributed by atoms with Gasteiger partial charge in [0.25, 0.3) is 0 Å². The third kappa shape index (κ3) is 0.418. The van der Waals surface area contributed by atoms with E-state index < -0.39 is 0 Å². The van der Waals surface area contributed by atoms with Crippen LogP contribution in [0.15, 0.2) is 0 Å². The Morgan fingerprint density at radius 3 is 2.29 bits per heavy atom. The van der Waals surface area contributed by atoms with Crippen molar-refractivity contribution in [2.24, 2.45) is 0 Å². The van der Waals surface area contributed by atoms with E-state index in [9.17, 15) is 0 Å². The highest BCUT2D eigenvalue weighted by Crippen LogP contribution is 2.51. The number of rotatable bonds is 0. The van der Waals surface area contributed by atoms with Gasteiger partial charge >= 0.3 is 0 Å². The first-order valence-electron chi connectivity index (χ1n) is 2.99. The number of hydrogen-bond donors (Lipinski definition) is 0. The molecule has 1 saturated heterocycles. The second-order valence-electron chi connectivity index (χ2n) is 2.82. The molecule has 2 aliphatic rings. The molecule has 0 bridgehead atoms. The van der Waals surface area contributed by atoms with Gasteiger partial charge in [0.05, 0.1) is 11.7 Å². The maximum atomic E-state index is 5.44. The van der Waals surface area contributed by atoms with Crippen molar-refractivity contribution in [2.75, 3.05) is 0 Å². The fourth-order valence-corrected chi connectivity index (χ4v) is 1.40. The molecule has 1 aliphatic heterocycles. The van der Waals surface area contributed by atoms with Crippen LogP contribution in [0.1, 0.15) is 26.2 Å². The first-order chi connectivity index (χ1) is 3.31. The van der Waals surface area contributed by atoms with Gasteiger partial charge < -0.3 is 4.74 Å². The highest BCUT2D eigenvalue weighted by Gasteiger charge is 2.53. The van der Waals surface area contributed by atoms with E-state index in [1.165, 1.54) is 19.3 Å². The van der Waals surface area contributed by atoms with Gasteiger partial charge in [-0.25, -0.2) is 0 Å². The maximum Gasteiger partial charge on any atom is 0.0712 e. The standard InChI is InChI=1S/C6H10O/c1-5-4-6(7-5)2-3-6/h5H,2-4H2,1H3/t5-/m1/s1. The summed E-state index contributed by atoms with van der Waals surface area (Å²) < 4.78 is 5.44. The summed E-state index contributed by atoms with van der Waals surface area (Å²) in [5.41, 5.74) is 0.444.